The summed E-state index contributed by atoms with van der Waals surface area (Å²) in [5.41, 5.74) is 4.70. The van der Waals surface area contributed by atoms with Gasteiger partial charge in [-0.2, -0.15) is 0 Å². The molecule has 114 valence electrons. The number of ketones is 1. The lowest BCUT2D eigenvalue weighted by atomic mass is 10.1. The number of hydrogen-bond acceptors (Lipinski definition) is 1. The molecule has 2 heterocycles. The molecule has 22 heavy (non-hydrogen) atoms. The fraction of sp³-hybridized carbons (Fsp3) is 0.368. The van der Waals surface area contributed by atoms with E-state index in [1.807, 2.05) is 30.3 Å². The van der Waals surface area contributed by atoms with Gasteiger partial charge in [0.05, 0.1) is 6.54 Å². The van der Waals surface area contributed by atoms with Crippen molar-refractivity contribution < 1.29 is 9.37 Å². The molecule has 2 aromatic rings. The van der Waals surface area contributed by atoms with Gasteiger partial charge in [-0.3, -0.25) is 4.79 Å². The van der Waals surface area contributed by atoms with E-state index in [4.69, 9.17) is 0 Å². The van der Waals surface area contributed by atoms with Gasteiger partial charge < -0.3 is 4.57 Å². The Labute approximate surface area is 131 Å². The number of carbonyl (C=O) groups is 1. The zero-order valence-electron chi connectivity index (χ0n) is 13.4. The van der Waals surface area contributed by atoms with Gasteiger partial charge in [-0.25, -0.2) is 4.58 Å². The molecule has 0 spiro atoms. The molecule has 1 aliphatic heterocycles. The fourth-order valence-electron chi connectivity index (χ4n) is 3.22. The minimum atomic E-state index is 0.200. The van der Waals surface area contributed by atoms with Crippen LogP contribution in [0.2, 0.25) is 0 Å². The highest BCUT2D eigenvalue weighted by Crippen LogP contribution is 2.17. The third-order valence-electron chi connectivity index (χ3n) is 4.39. The summed E-state index contributed by atoms with van der Waals surface area (Å²) in [5.74, 6) is 0.200. The van der Waals surface area contributed by atoms with Crippen LogP contribution in [0, 0.1) is 6.92 Å². The quantitative estimate of drug-likeness (QED) is 0.614. The van der Waals surface area contributed by atoms with E-state index in [1.165, 1.54) is 17.1 Å². The highest BCUT2D eigenvalue weighted by atomic mass is 16.1. The number of benzene rings is 1. The Balaban J connectivity index is 1.92. The van der Waals surface area contributed by atoms with Crippen LogP contribution in [0.3, 0.4) is 0 Å². The standard InChI is InChI=1S/C19H23N2O/c1-3-7-17-18-11-10-15(2)21(18)13-12-20(17)14-19(22)16-8-5-4-6-9-16/h4-6,8-11H,3,7,12-14H2,1-2H3/q+1. The lowest BCUT2D eigenvalue weighted by Gasteiger charge is -2.19. The second-order valence-electron chi connectivity index (χ2n) is 5.92. The van der Waals surface area contributed by atoms with Crippen molar-refractivity contribution in [3.05, 3.63) is 59.4 Å². The molecular formula is C19H23N2O+. The average Bonchev–Trinajstić information content (AvgIpc) is 2.92. The number of hydrogen-bond donors (Lipinski definition) is 0. The molecule has 0 radical (unpaired) electrons. The van der Waals surface area contributed by atoms with Gasteiger partial charge in [-0.05, 0) is 25.5 Å². The van der Waals surface area contributed by atoms with Gasteiger partial charge in [0.25, 0.3) is 0 Å². The van der Waals surface area contributed by atoms with Crippen LogP contribution >= 0.6 is 0 Å². The van der Waals surface area contributed by atoms with Crippen molar-refractivity contribution in [1.29, 1.82) is 0 Å². The molecule has 0 aliphatic carbocycles. The zero-order chi connectivity index (χ0) is 15.5. The Morgan fingerprint density at radius 2 is 1.95 bits per heavy atom. The first-order valence-electron chi connectivity index (χ1n) is 8.06. The van der Waals surface area contributed by atoms with E-state index in [1.54, 1.807) is 0 Å². The van der Waals surface area contributed by atoms with Crippen molar-refractivity contribution in [3.63, 3.8) is 0 Å². The van der Waals surface area contributed by atoms with Crippen molar-refractivity contribution in [2.45, 2.75) is 33.2 Å². The monoisotopic (exact) mass is 295 g/mol. The normalized spacial score (nSPS) is 14.1. The van der Waals surface area contributed by atoms with Crippen LogP contribution in [0.5, 0.6) is 0 Å². The number of nitrogens with zero attached hydrogens (tertiary/aromatic N) is 2. The van der Waals surface area contributed by atoms with Crippen LogP contribution in [0.1, 0.15) is 41.5 Å². The van der Waals surface area contributed by atoms with E-state index in [2.05, 4.69) is 35.1 Å². The van der Waals surface area contributed by atoms with E-state index in [0.29, 0.717) is 6.54 Å². The van der Waals surface area contributed by atoms with Gasteiger partial charge >= 0.3 is 0 Å². The first kappa shape index (κ1) is 14.8. The lowest BCUT2D eigenvalue weighted by Crippen LogP contribution is -2.36. The molecule has 0 saturated heterocycles. The Morgan fingerprint density at radius 1 is 1.18 bits per heavy atom. The molecule has 0 N–H and O–H groups in total. The molecule has 3 heteroatoms. The van der Waals surface area contributed by atoms with Crippen molar-refractivity contribution in [3.8, 4) is 0 Å². The Morgan fingerprint density at radius 3 is 2.68 bits per heavy atom. The van der Waals surface area contributed by atoms with Crippen molar-refractivity contribution >= 4 is 11.5 Å². The minimum Gasteiger partial charge on any atom is -0.334 e. The number of Topliss-reactive ketones (excluding diaryl/α,β-unsaturated/α-hetero) is 1. The second kappa shape index (κ2) is 6.30. The lowest BCUT2D eigenvalue weighted by molar-refractivity contribution is -0.519. The van der Waals surface area contributed by atoms with E-state index in [9.17, 15) is 4.79 Å². The van der Waals surface area contributed by atoms with E-state index in [-0.39, 0.29) is 5.78 Å². The maximum atomic E-state index is 12.5. The van der Waals surface area contributed by atoms with Gasteiger partial charge in [-0.15, -0.1) is 0 Å². The Hall–Kier alpha value is -2.16. The zero-order valence-corrected chi connectivity index (χ0v) is 13.4. The maximum Gasteiger partial charge on any atom is 0.227 e. The Bertz CT molecular complexity index is 710. The molecule has 0 unspecified atom stereocenters. The molecule has 1 aromatic carbocycles. The first-order chi connectivity index (χ1) is 10.7. The summed E-state index contributed by atoms with van der Waals surface area (Å²) in [7, 11) is 0. The summed E-state index contributed by atoms with van der Waals surface area (Å²) in [5, 5.41) is 0. The highest BCUT2D eigenvalue weighted by molar-refractivity contribution is 5.99. The summed E-state index contributed by atoms with van der Waals surface area (Å²) < 4.78 is 4.64. The predicted molar refractivity (Wildman–Crippen MR) is 89.0 cm³/mol. The van der Waals surface area contributed by atoms with Gasteiger partial charge in [0.15, 0.2) is 12.3 Å². The molecule has 3 nitrogen and oxygen atoms in total. The molecule has 1 aliphatic rings. The molecule has 0 atom stereocenters. The molecule has 0 bridgehead atoms. The smallest absolute Gasteiger partial charge is 0.227 e. The van der Waals surface area contributed by atoms with E-state index < -0.39 is 0 Å². The summed E-state index contributed by atoms with van der Waals surface area (Å²) in [6.07, 6.45) is 2.11. The summed E-state index contributed by atoms with van der Waals surface area (Å²) in [6, 6.07) is 14.0. The van der Waals surface area contributed by atoms with Crippen molar-refractivity contribution in [2.24, 2.45) is 0 Å². The predicted octanol–water partition coefficient (Wildman–Crippen LogP) is 3.29. The number of fused-ring (bicyclic) bond motifs is 1. The summed E-state index contributed by atoms with van der Waals surface area (Å²) in [4.78, 5) is 12.5. The third kappa shape index (κ3) is 2.76. The third-order valence-corrected chi connectivity index (χ3v) is 4.39. The number of carbonyl (C=O) groups excluding carboxylic acids is 1. The van der Waals surface area contributed by atoms with Crippen LogP contribution < -0.4 is 0 Å². The molecule has 0 amide bonds. The Kier molecular flexibility index (Phi) is 4.23. The van der Waals surface area contributed by atoms with E-state index >= 15 is 0 Å². The molecular weight excluding hydrogens is 272 g/mol. The van der Waals surface area contributed by atoms with Gasteiger partial charge in [0.2, 0.25) is 12.3 Å². The number of aromatic nitrogens is 1. The molecule has 3 rings (SSSR count). The second-order valence-corrected chi connectivity index (χ2v) is 5.92. The highest BCUT2D eigenvalue weighted by Gasteiger charge is 2.27. The first-order valence-corrected chi connectivity index (χ1v) is 8.06. The van der Waals surface area contributed by atoms with Crippen LogP contribution in [0.15, 0.2) is 42.5 Å². The molecule has 0 saturated carbocycles. The van der Waals surface area contributed by atoms with Gasteiger partial charge in [0.1, 0.15) is 5.69 Å². The van der Waals surface area contributed by atoms with Crippen molar-refractivity contribution in [1.82, 2.24) is 4.57 Å². The van der Waals surface area contributed by atoms with Gasteiger partial charge in [0, 0.05) is 17.7 Å². The summed E-state index contributed by atoms with van der Waals surface area (Å²) in [6.45, 7) is 6.69. The van der Waals surface area contributed by atoms with Crippen LogP contribution in [-0.2, 0) is 6.54 Å². The van der Waals surface area contributed by atoms with Crippen LogP contribution in [0.25, 0.3) is 0 Å². The topological polar surface area (TPSA) is 25.0 Å². The SMILES string of the molecule is CCCC1=[N+](CC(=O)c2ccccc2)CCn2c(C)ccc21. The average molecular weight is 295 g/mol. The van der Waals surface area contributed by atoms with Crippen LogP contribution in [-0.4, -0.2) is 33.7 Å². The molecule has 0 fully saturated rings. The summed E-state index contributed by atoms with van der Waals surface area (Å²) >= 11 is 0. The van der Waals surface area contributed by atoms with Gasteiger partial charge in [-0.1, -0.05) is 37.3 Å². The number of aryl methyl sites for hydroxylation is 1. The van der Waals surface area contributed by atoms with E-state index in [0.717, 1.165) is 31.5 Å². The van der Waals surface area contributed by atoms with Crippen molar-refractivity contribution in [2.75, 3.05) is 13.1 Å². The van der Waals surface area contributed by atoms with Crippen LogP contribution in [0.4, 0.5) is 0 Å². The fourth-order valence-corrected chi connectivity index (χ4v) is 3.22. The minimum absolute atomic E-state index is 0.200. The largest absolute Gasteiger partial charge is 0.334 e. The molecule has 1 aromatic heterocycles. The maximum absolute atomic E-state index is 12.5. The number of rotatable bonds is 5.